The van der Waals surface area contributed by atoms with Gasteiger partial charge in [0.15, 0.2) is 0 Å². The number of hydrogen-bond donors (Lipinski definition) is 3. The number of nitrogens with two attached hydrogens (primary N) is 1. The number of aliphatic hydroxyl groups is 1. The van der Waals surface area contributed by atoms with Gasteiger partial charge in [0.25, 0.3) is 5.92 Å². The SMILES string of the molecule is Nc1ccccc1NCC(F)(F)CO. The lowest BCUT2D eigenvalue weighted by Crippen LogP contribution is -2.31. The molecule has 14 heavy (non-hydrogen) atoms. The molecule has 0 aliphatic heterocycles. The lowest BCUT2D eigenvalue weighted by Gasteiger charge is -2.15. The first-order valence-electron chi connectivity index (χ1n) is 4.12. The van der Waals surface area contributed by atoms with Gasteiger partial charge >= 0.3 is 0 Å². The van der Waals surface area contributed by atoms with Crippen molar-refractivity contribution >= 4 is 11.4 Å². The van der Waals surface area contributed by atoms with Crippen molar-refractivity contribution < 1.29 is 13.9 Å². The standard InChI is InChI=1S/C9H12F2N2O/c10-9(11,6-14)5-13-8-4-2-1-3-7(8)12/h1-4,13-14H,5-6,12H2. The van der Waals surface area contributed by atoms with Crippen molar-refractivity contribution in [2.45, 2.75) is 5.92 Å². The fourth-order valence-electron chi connectivity index (χ4n) is 0.938. The minimum absolute atomic E-state index is 0.404. The molecule has 1 rings (SSSR count). The van der Waals surface area contributed by atoms with E-state index < -0.39 is 19.1 Å². The second-order valence-electron chi connectivity index (χ2n) is 2.95. The van der Waals surface area contributed by atoms with Crippen molar-refractivity contribution in [1.29, 1.82) is 0 Å². The molecule has 0 unspecified atom stereocenters. The second kappa shape index (κ2) is 4.23. The molecular weight excluding hydrogens is 190 g/mol. The molecule has 0 saturated carbocycles. The number of para-hydroxylation sites is 2. The highest BCUT2D eigenvalue weighted by Crippen LogP contribution is 2.19. The molecule has 0 saturated heterocycles. The maximum Gasteiger partial charge on any atom is 0.287 e. The van der Waals surface area contributed by atoms with Crippen molar-refractivity contribution in [2.24, 2.45) is 0 Å². The highest BCUT2D eigenvalue weighted by atomic mass is 19.3. The molecule has 0 radical (unpaired) electrons. The molecule has 0 aliphatic carbocycles. The summed E-state index contributed by atoms with van der Waals surface area (Å²) in [5, 5.41) is 10.8. The van der Waals surface area contributed by atoms with E-state index in [0.29, 0.717) is 11.4 Å². The Labute approximate surface area is 80.5 Å². The van der Waals surface area contributed by atoms with Crippen LogP contribution in [-0.2, 0) is 0 Å². The molecular formula is C9H12F2N2O. The van der Waals surface area contributed by atoms with Crippen LogP contribution in [0.5, 0.6) is 0 Å². The first-order chi connectivity index (χ1) is 6.55. The zero-order valence-electron chi connectivity index (χ0n) is 7.50. The molecule has 0 amide bonds. The number of rotatable bonds is 4. The summed E-state index contributed by atoms with van der Waals surface area (Å²) >= 11 is 0. The van der Waals surface area contributed by atoms with E-state index >= 15 is 0 Å². The third kappa shape index (κ3) is 2.85. The van der Waals surface area contributed by atoms with E-state index in [4.69, 9.17) is 10.8 Å². The van der Waals surface area contributed by atoms with Crippen LogP contribution < -0.4 is 11.1 Å². The maximum absolute atomic E-state index is 12.6. The number of anilines is 2. The summed E-state index contributed by atoms with van der Waals surface area (Å²) in [6.45, 7) is -1.80. The number of aliphatic hydroxyl groups excluding tert-OH is 1. The van der Waals surface area contributed by atoms with Crippen molar-refractivity contribution in [3.05, 3.63) is 24.3 Å². The predicted molar refractivity (Wildman–Crippen MR) is 51.4 cm³/mol. The minimum Gasteiger partial charge on any atom is -0.397 e. The number of alkyl halides is 2. The van der Waals surface area contributed by atoms with Crippen LogP contribution in [0.3, 0.4) is 0 Å². The van der Waals surface area contributed by atoms with Gasteiger partial charge < -0.3 is 16.2 Å². The molecule has 0 heterocycles. The van der Waals surface area contributed by atoms with Crippen LogP contribution in [0, 0.1) is 0 Å². The topological polar surface area (TPSA) is 58.3 Å². The van der Waals surface area contributed by atoms with E-state index in [1.54, 1.807) is 24.3 Å². The van der Waals surface area contributed by atoms with Crippen LogP contribution in [-0.4, -0.2) is 24.2 Å². The summed E-state index contributed by atoms with van der Waals surface area (Å²) in [6, 6.07) is 6.61. The normalized spacial score (nSPS) is 11.4. The summed E-state index contributed by atoms with van der Waals surface area (Å²) in [5.41, 5.74) is 6.37. The number of benzene rings is 1. The largest absolute Gasteiger partial charge is 0.397 e. The van der Waals surface area contributed by atoms with Gasteiger partial charge in [-0.1, -0.05) is 12.1 Å². The van der Waals surface area contributed by atoms with E-state index in [1.807, 2.05) is 0 Å². The molecule has 0 aromatic heterocycles. The molecule has 0 bridgehead atoms. The van der Waals surface area contributed by atoms with Gasteiger partial charge in [-0.3, -0.25) is 0 Å². The van der Waals surface area contributed by atoms with Crippen LogP contribution >= 0.6 is 0 Å². The molecule has 78 valence electrons. The van der Waals surface area contributed by atoms with E-state index in [1.165, 1.54) is 0 Å². The van der Waals surface area contributed by atoms with Gasteiger partial charge in [0, 0.05) is 0 Å². The Morgan fingerprint density at radius 1 is 1.36 bits per heavy atom. The zero-order chi connectivity index (χ0) is 10.6. The Kier molecular flexibility index (Phi) is 3.24. The fourth-order valence-corrected chi connectivity index (χ4v) is 0.938. The first kappa shape index (κ1) is 10.7. The first-order valence-corrected chi connectivity index (χ1v) is 4.12. The van der Waals surface area contributed by atoms with E-state index in [-0.39, 0.29) is 0 Å². The Hall–Kier alpha value is -1.36. The van der Waals surface area contributed by atoms with Gasteiger partial charge in [0.05, 0.1) is 17.9 Å². The van der Waals surface area contributed by atoms with E-state index in [9.17, 15) is 8.78 Å². The van der Waals surface area contributed by atoms with Gasteiger partial charge in [-0.2, -0.15) is 0 Å². The lowest BCUT2D eigenvalue weighted by atomic mass is 10.2. The number of nitrogen functional groups attached to an aromatic ring is 1. The monoisotopic (exact) mass is 202 g/mol. The molecule has 4 N–H and O–H groups in total. The zero-order valence-corrected chi connectivity index (χ0v) is 7.50. The highest BCUT2D eigenvalue weighted by Gasteiger charge is 2.27. The summed E-state index contributed by atoms with van der Waals surface area (Å²) in [4.78, 5) is 0. The van der Waals surface area contributed by atoms with Crippen molar-refractivity contribution in [2.75, 3.05) is 24.2 Å². The third-order valence-electron chi connectivity index (χ3n) is 1.73. The van der Waals surface area contributed by atoms with Crippen LogP contribution in [0.4, 0.5) is 20.2 Å². The highest BCUT2D eigenvalue weighted by molar-refractivity contribution is 5.65. The van der Waals surface area contributed by atoms with Crippen molar-refractivity contribution in [1.82, 2.24) is 0 Å². The number of halogens is 2. The van der Waals surface area contributed by atoms with Crippen molar-refractivity contribution in [3.63, 3.8) is 0 Å². The Balaban J connectivity index is 2.58. The van der Waals surface area contributed by atoms with Gasteiger partial charge in [-0.15, -0.1) is 0 Å². The smallest absolute Gasteiger partial charge is 0.287 e. The van der Waals surface area contributed by atoms with Crippen LogP contribution in [0.2, 0.25) is 0 Å². The second-order valence-corrected chi connectivity index (χ2v) is 2.95. The van der Waals surface area contributed by atoms with Crippen molar-refractivity contribution in [3.8, 4) is 0 Å². The Bertz CT molecular complexity index is 305. The molecule has 0 atom stereocenters. The Morgan fingerprint density at radius 2 is 2.00 bits per heavy atom. The maximum atomic E-state index is 12.6. The molecule has 5 heteroatoms. The van der Waals surface area contributed by atoms with Gasteiger partial charge in [-0.25, -0.2) is 8.78 Å². The average molecular weight is 202 g/mol. The molecule has 0 fully saturated rings. The summed E-state index contributed by atoms with van der Waals surface area (Å²) in [5.74, 6) is -3.12. The molecule has 3 nitrogen and oxygen atoms in total. The van der Waals surface area contributed by atoms with Gasteiger partial charge in [0.1, 0.15) is 6.61 Å². The Morgan fingerprint density at radius 3 is 2.57 bits per heavy atom. The summed E-state index contributed by atoms with van der Waals surface area (Å²) in [6.07, 6.45) is 0. The molecule has 1 aromatic rings. The number of nitrogens with one attached hydrogen (secondary N) is 1. The van der Waals surface area contributed by atoms with Gasteiger partial charge in [-0.05, 0) is 12.1 Å². The molecule has 0 aliphatic rings. The molecule has 0 spiro atoms. The quantitative estimate of drug-likeness (QED) is 0.645. The van der Waals surface area contributed by atoms with E-state index in [0.717, 1.165) is 0 Å². The summed E-state index contributed by atoms with van der Waals surface area (Å²) < 4.78 is 25.2. The molecule has 1 aromatic carbocycles. The third-order valence-corrected chi connectivity index (χ3v) is 1.73. The van der Waals surface area contributed by atoms with Gasteiger partial charge in [0.2, 0.25) is 0 Å². The van der Waals surface area contributed by atoms with E-state index in [2.05, 4.69) is 5.32 Å². The minimum atomic E-state index is -3.12. The van der Waals surface area contributed by atoms with Crippen LogP contribution in [0.1, 0.15) is 0 Å². The van der Waals surface area contributed by atoms with Crippen LogP contribution in [0.25, 0.3) is 0 Å². The average Bonchev–Trinajstić information content (AvgIpc) is 2.17. The number of hydrogen-bond acceptors (Lipinski definition) is 3. The van der Waals surface area contributed by atoms with Crippen LogP contribution in [0.15, 0.2) is 24.3 Å². The fraction of sp³-hybridized carbons (Fsp3) is 0.333. The summed E-state index contributed by atoms with van der Waals surface area (Å²) in [7, 11) is 0. The predicted octanol–water partition coefficient (Wildman–Crippen LogP) is 1.31. The lowest BCUT2D eigenvalue weighted by molar-refractivity contribution is -0.0372.